The zero-order valence-corrected chi connectivity index (χ0v) is 12.6. The lowest BCUT2D eigenvalue weighted by molar-refractivity contribution is 0.242. The van der Waals surface area contributed by atoms with Gasteiger partial charge in [-0.25, -0.2) is 0 Å². The van der Waals surface area contributed by atoms with E-state index in [0.29, 0.717) is 0 Å². The summed E-state index contributed by atoms with van der Waals surface area (Å²) >= 11 is 0. The lowest BCUT2D eigenvalue weighted by Crippen LogP contribution is -2.33. The minimum absolute atomic E-state index is 0.132. The third kappa shape index (κ3) is 2.67. The maximum atomic E-state index is 10.4. The second-order valence-corrected chi connectivity index (χ2v) is 5.52. The molecule has 0 aliphatic rings. The number of phenolic OH excluding ortho intramolecular Hbond substituents is 2. The molecule has 3 nitrogen and oxygen atoms in total. The van der Waals surface area contributed by atoms with Crippen molar-refractivity contribution in [2.24, 2.45) is 0 Å². The molecule has 0 radical (unpaired) electrons. The van der Waals surface area contributed by atoms with Crippen LogP contribution in [0.1, 0.15) is 16.7 Å². The third-order valence-corrected chi connectivity index (χ3v) is 4.22. The predicted molar refractivity (Wildman–Crippen MR) is 89.6 cm³/mol. The van der Waals surface area contributed by atoms with Crippen molar-refractivity contribution in [3.63, 3.8) is 0 Å². The fourth-order valence-corrected chi connectivity index (χ4v) is 2.99. The van der Waals surface area contributed by atoms with E-state index in [-0.39, 0.29) is 18.1 Å². The van der Waals surface area contributed by atoms with Crippen molar-refractivity contribution in [3.05, 3.63) is 95.6 Å². The summed E-state index contributed by atoms with van der Waals surface area (Å²) in [7, 11) is 0. The van der Waals surface area contributed by atoms with Crippen LogP contribution in [0.3, 0.4) is 0 Å². The first-order valence-electron chi connectivity index (χ1n) is 7.42. The first-order valence-corrected chi connectivity index (χ1v) is 7.42. The summed E-state index contributed by atoms with van der Waals surface area (Å²) in [6.45, 7) is -0.132. The van der Waals surface area contributed by atoms with Crippen molar-refractivity contribution in [1.29, 1.82) is 0 Å². The average Bonchev–Trinajstić information content (AvgIpc) is 2.60. The quantitative estimate of drug-likeness (QED) is 0.647. The largest absolute Gasteiger partial charge is 0.508 e. The Bertz CT molecular complexity index is 717. The van der Waals surface area contributed by atoms with E-state index in [1.807, 2.05) is 54.6 Å². The Kier molecular flexibility index (Phi) is 4.04. The van der Waals surface area contributed by atoms with Crippen LogP contribution in [-0.2, 0) is 5.41 Å². The molecule has 0 bridgehead atoms. The van der Waals surface area contributed by atoms with Crippen LogP contribution >= 0.6 is 0 Å². The van der Waals surface area contributed by atoms with Gasteiger partial charge in [-0.15, -0.1) is 0 Å². The topological polar surface area (TPSA) is 60.7 Å². The fourth-order valence-electron chi connectivity index (χ4n) is 2.99. The van der Waals surface area contributed by atoms with Crippen LogP contribution in [0.5, 0.6) is 11.5 Å². The van der Waals surface area contributed by atoms with Gasteiger partial charge >= 0.3 is 0 Å². The third-order valence-electron chi connectivity index (χ3n) is 4.22. The number of rotatable bonds is 4. The van der Waals surface area contributed by atoms with E-state index < -0.39 is 5.41 Å². The van der Waals surface area contributed by atoms with Crippen LogP contribution in [0.4, 0.5) is 0 Å². The molecular weight excluding hydrogens is 288 g/mol. The van der Waals surface area contributed by atoms with Gasteiger partial charge in [-0.2, -0.15) is 0 Å². The Hall–Kier alpha value is -2.78. The van der Waals surface area contributed by atoms with E-state index >= 15 is 0 Å². The molecule has 0 saturated carbocycles. The first kappa shape index (κ1) is 15.1. The predicted octanol–water partition coefficient (Wildman–Crippen LogP) is 3.42. The van der Waals surface area contributed by atoms with Crippen LogP contribution < -0.4 is 0 Å². The summed E-state index contributed by atoms with van der Waals surface area (Å²) in [5, 5.41) is 29.5. The van der Waals surface area contributed by atoms with Gasteiger partial charge in [0.25, 0.3) is 0 Å². The molecule has 3 aromatic rings. The Balaban J connectivity index is 2.27. The van der Waals surface area contributed by atoms with E-state index in [0.717, 1.165) is 16.7 Å². The molecule has 23 heavy (non-hydrogen) atoms. The van der Waals surface area contributed by atoms with Crippen LogP contribution in [-0.4, -0.2) is 21.9 Å². The number of hydrogen-bond acceptors (Lipinski definition) is 3. The van der Waals surface area contributed by atoms with Crippen LogP contribution in [0.25, 0.3) is 0 Å². The Labute approximate surface area is 135 Å². The maximum Gasteiger partial charge on any atom is 0.115 e. The van der Waals surface area contributed by atoms with Gasteiger partial charge in [-0.3, -0.25) is 0 Å². The van der Waals surface area contributed by atoms with E-state index in [9.17, 15) is 15.3 Å². The van der Waals surface area contributed by atoms with Gasteiger partial charge in [0.1, 0.15) is 11.5 Å². The second-order valence-electron chi connectivity index (χ2n) is 5.52. The minimum atomic E-state index is -0.761. The zero-order valence-electron chi connectivity index (χ0n) is 12.6. The molecule has 0 saturated heterocycles. The first-order chi connectivity index (χ1) is 11.2. The van der Waals surface area contributed by atoms with Gasteiger partial charge in [0.05, 0.1) is 12.0 Å². The minimum Gasteiger partial charge on any atom is -0.508 e. The van der Waals surface area contributed by atoms with Crippen molar-refractivity contribution in [1.82, 2.24) is 0 Å². The smallest absolute Gasteiger partial charge is 0.115 e. The molecule has 116 valence electrons. The molecule has 0 unspecified atom stereocenters. The average molecular weight is 306 g/mol. The number of phenols is 2. The Morgan fingerprint density at radius 3 is 1.35 bits per heavy atom. The highest BCUT2D eigenvalue weighted by atomic mass is 16.3. The molecule has 3 rings (SSSR count). The summed E-state index contributed by atoms with van der Waals surface area (Å²) in [6, 6.07) is 23.4. The molecular formula is C20H18O3. The highest BCUT2D eigenvalue weighted by Gasteiger charge is 2.35. The zero-order chi connectivity index (χ0) is 16.3. The van der Waals surface area contributed by atoms with Crippen molar-refractivity contribution in [2.75, 3.05) is 6.61 Å². The van der Waals surface area contributed by atoms with Crippen molar-refractivity contribution in [2.45, 2.75) is 5.41 Å². The molecule has 3 N–H and O–H groups in total. The van der Waals surface area contributed by atoms with Gasteiger partial charge in [0, 0.05) is 0 Å². The SMILES string of the molecule is OCC(c1ccccc1)(c1ccc(O)cc1)c1ccc(O)cc1. The van der Waals surface area contributed by atoms with Gasteiger partial charge < -0.3 is 15.3 Å². The van der Waals surface area contributed by atoms with Gasteiger partial charge in [0.15, 0.2) is 0 Å². The Morgan fingerprint density at radius 2 is 0.957 bits per heavy atom. The summed E-state index contributed by atoms with van der Waals surface area (Å²) in [6.07, 6.45) is 0. The van der Waals surface area contributed by atoms with Crippen LogP contribution in [0, 0.1) is 0 Å². The molecule has 3 heteroatoms. The number of aliphatic hydroxyl groups is 1. The van der Waals surface area contributed by atoms with E-state index in [4.69, 9.17) is 0 Å². The van der Waals surface area contributed by atoms with Gasteiger partial charge in [0.2, 0.25) is 0 Å². The lowest BCUT2D eigenvalue weighted by Gasteiger charge is -2.34. The molecule has 0 aliphatic heterocycles. The molecule has 0 atom stereocenters. The van der Waals surface area contributed by atoms with E-state index in [2.05, 4.69) is 0 Å². The number of aromatic hydroxyl groups is 2. The second kappa shape index (κ2) is 6.15. The summed E-state index contributed by atoms with van der Waals surface area (Å²) in [5.41, 5.74) is 1.92. The maximum absolute atomic E-state index is 10.4. The highest BCUT2D eigenvalue weighted by Crippen LogP contribution is 2.39. The van der Waals surface area contributed by atoms with Crippen molar-refractivity contribution >= 4 is 0 Å². The number of aliphatic hydroxyl groups excluding tert-OH is 1. The Morgan fingerprint density at radius 1 is 0.565 bits per heavy atom. The van der Waals surface area contributed by atoms with Crippen LogP contribution in [0.2, 0.25) is 0 Å². The number of hydrogen-bond donors (Lipinski definition) is 3. The molecule has 3 aromatic carbocycles. The molecule has 0 fully saturated rings. The van der Waals surface area contributed by atoms with Crippen molar-refractivity contribution in [3.8, 4) is 11.5 Å². The summed E-state index contributed by atoms with van der Waals surface area (Å²) in [5.74, 6) is 0.360. The fraction of sp³-hybridized carbons (Fsp3) is 0.100. The van der Waals surface area contributed by atoms with E-state index in [1.165, 1.54) is 0 Å². The van der Waals surface area contributed by atoms with Gasteiger partial charge in [-0.05, 0) is 41.0 Å². The number of benzene rings is 3. The summed E-state index contributed by atoms with van der Waals surface area (Å²) in [4.78, 5) is 0. The molecule has 0 spiro atoms. The normalized spacial score (nSPS) is 11.3. The van der Waals surface area contributed by atoms with Gasteiger partial charge in [-0.1, -0.05) is 54.6 Å². The molecule has 0 amide bonds. The monoisotopic (exact) mass is 306 g/mol. The van der Waals surface area contributed by atoms with E-state index in [1.54, 1.807) is 24.3 Å². The lowest BCUT2D eigenvalue weighted by atomic mass is 9.70. The molecule has 0 heterocycles. The van der Waals surface area contributed by atoms with Crippen LogP contribution in [0.15, 0.2) is 78.9 Å². The standard InChI is InChI=1S/C20H18O3/c21-14-20(15-4-2-1-3-5-15,16-6-10-18(22)11-7-16)17-8-12-19(23)13-9-17/h1-13,21-23H,14H2. The molecule has 0 aliphatic carbocycles. The van der Waals surface area contributed by atoms with Crippen molar-refractivity contribution < 1.29 is 15.3 Å². The summed E-state index contributed by atoms with van der Waals surface area (Å²) < 4.78 is 0. The highest BCUT2D eigenvalue weighted by molar-refractivity contribution is 5.52. The molecule has 0 aromatic heterocycles.